The topological polar surface area (TPSA) is 75.8 Å². The van der Waals surface area contributed by atoms with E-state index in [4.69, 9.17) is 10.5 Å². The molecule has 0 bridgehead atoms. The van der Waals surface area contributed by atoms with Crippen molar-refractivity contribution in [3.05, 3.63) is 23.8 Å². The third-order valence-corrected chi connectivity index (χ3v) is 3.21. The minimum atomic E-state index is -0.403. The van der Waals surface area contributed by atoms with Crippen LogP contribution in [0.3, 0.4) is 0 Å². The van der Waals surface area contributed by atoms with Gasteiger partial charge in [-0.15, -0.1) is 0 Å². The highest BCUT2D eigenvalue weighted by Gasteiger charge is 2.21. The molecular formula is C13H18N2O3. The van der Waals surface area contributed by atoms with Crippen molar-refractivity contribution in [1.82, 2.24) is 4.90 Å². The molecule has 18 heavy (non-hydrogen) atoms. The van der Waals surface area contributed by atoms with Crippen LogP contribution >= 0.6 is 0 Å². The number of benzene rings is 1. The molecule has 1 saturated heterocycles. The average Bonchev–Trinajstić information content (AvgIpc) is 2.35. The van der Waals surface area contributed by atoms with Crippen molar-refractivity contribution >= 4 is 11.7 Å². The smallest absolute Gasteiger partial charge is 0.338 e. The number of carbonyl (C=O) groups excluding carboxylic acids is 1. The molecule has 1 heterocycles. The van der Waals surface area contributed by atoms with E-state index in [0.717, 1.165) is 25.9 Å². The zero-order valence-corrected chi connectivity index (χ0v) is 10.4. The number of likely N-dealkylation sites (tertiary alicyclic amines) is 1. The molecule has 1 aromatic rings. The zero-order chi connectivity index (χ0) is 13.1. The Kier molecular flexibility index (Phi) is 3.72. The third-order valence-electron chi connectivity index (χ3n) is 3.21. The molecule has 0 unspecified atom stereocenters. The van der Waals surface area contributed by atoms with E-state index in [2.05, 4.69) is 11.9 Å². The van der Waals surface area contributed by atoms with Crippen LogP contribution in [-0.4, -0.2) is 42.2 Å². The first-order chi connectivity index (χ1) is 8.56. The molecule has 0 spiro atoms. The van der Waals surface area contributed by atoms with Crippen LogP contribution in [-0.2, 0) is 4.74 Å². The van der Waals surface area contributed by atoms with E-state index in [1.54, 1.807) is 6.07 Å². The van der Waals surface area contributed by atoms with Gasteiger partial charge >= 0.3 is 5.97 Å². The fraction of sp³-hybridized carbons (Fsp3) is 0.462. The Hall–Kier alpha value is -1.75. The first kappa shape index (κ1) is 12.7. The van der Waals surface area contributed by atoms with Gasteiger partial charge in [-0.25, -0.2) is 4.79 Å². The van der Waals surface area contributed by atoms with E-state index in [0.29, 0.717) is 5.56 Å². The number of ether oxygens (including phenoxy) is 1. The first-order valence-electron chi connectivity index (χ1n) is 6.04. The van der Waals surface area contributed by atoms with Gasteiger partial charge in [0.05, 0.1) is 11.3 Å². The lowest BCUT2D eigenvalue weighted by atomic mass is 10.1. The number of carbonyl (C=O) groups is 1. The number of nitrogens with zero attached hydrogens (tertiary/aromatic N) is 1. The number of hydrogen-bond donors (Lipinski definition) is 2. The lowest BCUT2D eigenvalue weighted by Gasteiger charge is -2.28. The first-order valence-corrected chi connectivity index (χ1v) is 6.04. The summed E-state index contributed by atoms with van der Waals surface area (Å²) in [5, 5.41) is 9.45. The fourth-order valence-corrected chi connectivity index (χ4v) is 1.99. The largest absolute Gasteiger partial charge is 0.506 e. The van der Waals surface area contributed by atoms with Crippen LogP contribution in [0.5, 0.6) is 5.75 Å². The van der Waals surface area contributed by atoms with E-state index in [9.17, 15) is 9.90 Å². The Labute approximate surface area is 106 Å². The number of anilines is 1. The molecule has 0 aromatic heterocycles. The molecule has 2 rings (SSSR count). The molecular weight excluding hydrogens is 232 g/mol. The van der Waals surface area contributed by atoms with E-state index in [1.165, 1.54) is 12.1 Å². The number of piperidine rings is 1. The second-order valence-corrected chi connectivity index (χ2v) is 4.68. The number of rotatable bonds is 2. The molecule has 98 valence electrons. The van der Waals surface area contributed by atoms with Crippen molar-refractivity contribution < 1.29 is 14.6 Å². The zero-order valence-electron chi connectivity index (χ0n) is 10.4. The summed E-state index contributed by atoms with van der Waals surface area (Å²) in [5.74, 6) is -0.493. The Morgan fingerprint density at radius 3 is 2.72 bits per heavy atom. The van der Waals surface area contributed by atoms with Gasteiger partial charge in [0.1, 0.15) is 11.9 Å². The number of nitrogens with two attached hydrogens (primary N) is 1. The van der Waals surface area contributed by atoms with Crippen molar-refractivity contribution in [2.45, 2.75) is 18.9 Å². The Morgan fingerprint density at radius 2 is 2.11 bits per heavy atom. The van der Waals surface area contributed by atoms with Crippen LogP contribution in [0, 0.1) is 0 Å². The maximum absolute atomic E-state index is 11.9. The van der Waals surface area contributed by atoms with Crippen LogP contribution in [0.4, 0.5) is 5.69 Å². The van der Waals surface area contributed by atoms with Crippen LogP contribution < -0.4 is 5.73 Å². The lowest BCUT2D eigenvalue weighted by molar-refractivity contribution is 0.0139. The predicted octanol–water partition coefficient (Wildman–Crippen LogP) is 1.23. The molecule has 0 aliphatic carbocycles. The maximum Gasteiger partial charge on any atom is 0.338 e. The highest BCUT2D eigenvalue weighted by Crippen LogP contribution is 2.22. The van der Waals surface area contributed by atoms with Gasteiger partial charge in [-0.05, 0) is 38.1 Å². The summed E-state index contributed by atoms with van der Waals surface area (Å²) in [6.07, 6.45) is 1.67. The van der Waals surface area contributed by atoms with E-state index in [1.807, 2.05) is 0 Å². The molecule has 0 saturated carbocycles. The lowest BCUT2D eigenvalue weighted by Crippen LogP contribution is -2.35. The molecule has 1 aromatic carbocycles. The normalized spacial score (nSPS) is 17.6. The van der Waals surface area contributed by atoms with Crippen LogP contribution in [0.1, 0.15) is 23.2 Å². The highest BCUT2D eigenvalue weighted by molar-refractivity contribution is 5.90. The second kappa shape index (κ2) is 5.27. The molecule has 0 radical (unpaired) electrons. The minimum absolute atomic E-state index is 0.0339. The van der Waals surface area contributed by atoms with Gasteiger partial charge in [0, 0.05) is 13.1 Å². The number of phenols is 1. The summed E-state index contributed by atoms with van der Waals surface area (Å²) in [7, 11) is 2.05. The maximum atomic E-state index is 11.9. The van der Waals surface area contributed by atoms with Crippen LogP contribution in [0.25, 0.3) is 0 Å². The van der Waals surface area contributed by atoms with Crippen molar-refractivity contribution in [1.29, 1.82) is 0 Å². The molecule has 3 N–H and O–H groups in total. The van der Waals surface area contributed by atoms with E-state index < -0.39 is 5.97 Å². The third kappa shape index (κ3) is 2.92. The van der Waals surface area contributed by atoms with Gasteiger partial charge in [-0.2, -0.15) is 0 Å². The summed E-state index contributed by atoms with van der Waals surface area (Å²) in [6, 6.07) is 4.40. The average molecular weight is 250 g/mol. The highest BCUT2D eigenvalue weighted by atomic mass is 16.5. The van der Waals surface area contributed by atoms with E-state index >= 15 is 0 Å². The molecule has 0 amide bonds. The van der Waals surface area contributed by atoms with Gasteiger partial charge in [-0.1, -0.05) is 0 Å². The summed E-state index contributed by atoms with van der Waals surface area (Å²) in [5.41, 5.74) is 6.07. The quantitative estimate of drug-likeness (QED) is 0.469. The van der Waals surface area contributed by atoms with Crippen LogP contribution in [0.15, 0.2) is 18.2 Å². The van der Waals surface area contributed by atoms with E-state index in [-0.39, 0.29) is 17.5 Å². The summed E-state index contributed by atoms with van der Waals surface area (Å²) >= 11 is 0. The standard InChI is InChI=1S/C13H18N2O3/c1-15-6-4-10(5-7-15)18-13(17)9-2-3-11(14)12(16)8-9/h2-3,8,10,16H,4-7,14H2,1H3. The summed E-state index contributed by atoms with van der Waals surface area (Å²) < 4.78 is 5.40. The van der Waals surface area contributed by atoms with Crippen molar-refractivity contribution in [2.24, 2.45) is 0 Å². The Bertz CT molecular complexity index is 440. The fourth-order valence-electron chi connectivity index (χ4n) is 1.99. The predicted molar refractivity (Wildman–Crippen MR) is 68.5 cm³/mol. The van der Waals surface area contributed by atoms with Crippen LogP contribution in [0.2, 0.25) is 0 Å². The molecule has 1 fully saturated rings. The Balaban J connectivity index is 1.97. The molecule has 5 heteroatoms. The van der Waals surface area contributed by atoms with Gasteiger partial charge in [0.25, 0.3) is 0 Å². The molecule has 1 aliphatic heterocycles. The molecule has 0 atom stereocenters. The van der Waals surface area contributed by atoms with Gasteiger partial charge < -0.3 is 20.5 Å². The number of aromatic hydroxyl groups is 1. The SMILES string of the molecule is CN1CCC(OC(=O)c2ccc(N)c(O)c2)CC1. The number of nitrogen functional groups attached to an aromatic ring is 1. The molecule has 1 aliphatic rings. The van der Waals surface area contributed by atoms with Crippen molar-refractivity contribution in [3.63, 3.8) is 0 Å². The molecule has 5 nitrogen and oxygen atoms in total. The number of hydrogen-bond acceptors (Lipinski definition) is 5. The van der Waals surface area contributed by atoms with Gasteiger partial charge in [-0.3, -0.25) is 0 Å². The van der Waals surface area contributed by atoms with Crippen molar-refractivity contribution in [2.75, 3.05) is 25.9 Å². The summed E-state index contributed by atoms with van der Waals surface area (Å²) in [4.78, 5) is 14.1. The second-order valence-electron chi connectivity index (χ2n) is 4.68. The van der Waals surface area contributed by atoms with Crippen molar-refractivity contribution in [3.8, 4) is 5.75 Å². The van der Waals surface area contributed by atoms with Gasteiger partial charge in [0.15, 0.2) is 0 Å². The Morgan fingerprint density at radius 1 is 1.44 bits per heavy atom. The minimum Gasteiger partial charge on any atom is -0.506 e. The summed E-state index contributed by atoms with van der Waals surface area (Å²) in [6.45, 7) is 1.87. The number of esters is 1. The number of phenolic OH excluding ortho intramolecular Hbond substituents is 1. The van der Waals surface area contributed by atoms with Gasteiger partial charge in [0.2, 0.25) is 0 Å². The monoisotopic (exact) mass is 250 g/mol.